The van der Waals surface area contributed by atoms with Crippen LogP contribution in [0.2, 0.25) is 0 Å². The predicted molar refractivity (Wildman–Crippen MR) is 91.7 cm³/mol. The number of amides is 1. The highest BCUT2D eigenvalue weighted by atomic mass is 32.2. The van der Waals surface area contributed by atoms with E-state index in [0.717, 1.165) is 16.7 Å². The number of hydrogen-bond acceptors (Lipinski definition) is 6. The van der Waals surface area contributed by atoms with Crippen molar-refractivity contribution in [2.45, 2.75) is 38.0 Å². The number of nitrogens with one attached hydrogen (secondary N) is 1. The highest BCUT2D eigenvalue weighted by molar-refractivity contribution is 7.99. The molecule has 24 heavy (non-hydrogen) atoms. The van der Waals surface area contributed by atoms with Gasteiger partial charge < -0.3 is 9.73 Å². The second kappa shape index (κ2) is 7.04. The summed E-state index contributed by atoms with van der Waals surface area (Å²) in [5, 5.41) is 16.1. The Kier molecular flexibility index (Phi) is 4.84. The SMILES string of the molecule is CC(C)n1nnnc1SCC(=O)N[C@H](C)c1cc2ccccc2o1. The van der Waals surface area contributed by atoms with E-state index in [9.17, 15) is 4.79 Å². The van der Waals surface area contributed by atoms with Gasteiger partial charge in [-0.15, -0.1) is 5.10 Å². The number of fused-ring (bicyclic) bond motifs is 1. The number of tetrazole rings is 1. The first-order chi connectivity index (χ1) is 11.5. The molecule has 0 aliphatic rings. The van der Waals surface area contributed by atoms with E-state index in [2.05, 4.69) is 20.8 Å². The minimum atomic E-state index is -0.202. The van der Waals surface area contributed by atoms with Crippen molar-refractivity contribution in [1.82, 2.24) is 25.5 Å². The van der Waals surface area contributed by atoms with Gasteiger partial charge in [-0.2, -0.15) is 0 Å². The van der Waals surface area contributed by atoms with E-state index in [4.69, 9.17) is 4.42 Å². The van der Waals surface area contributed by atoms with Crippen molar-refractivity contribution >= 4 is 28.6 Å². The van der Waals surface area contributed by atoms with Crippen molar-refractivity contribution in [2.24, 2.45) is 0 Å². The number of para-hydroxylation sites is 1. The molecule has 0 aliphatic heterocycles. The fourth-order valence-electron chi connectivity index (χ4n) is 2.30. The van der Waals surface area contributed by atoms with E-state index in [0.29, 0.717) is 5.16 Å². The summed E-state index contributed by atoms with van der Waals surface area (Å²) in [6.07, 6.45) is 0. The van der Waals surface area contributed by atoms with Gasteiger partial charge in [0.05, 0.1) is 17.8 Å². The van der Waals surface area contributed by atoms with Gasteiger partial charge in [0, 0.05) is 5.39 Å². The molecule has 126 valence electrons. The molecule has 0 fully saturated rings. The first-order valence-corrected chi connectivity index (χ1v) is 8.71. The zero-order chi connectivity index (χ0) is 17.1. The maximum Gasteiger partial charge on any atom is 0.231 e. The summed E-state index contributed by atoms with van der Waals surface area (Å²) in [6, 6.07) is 9.68. The van der Waals surface area contributed by atoms with Gasteiger partial charge >= 0.3 is 0 Å². The Bertz CT molecular complexity index is 809. The van der Waals surface area contributed by atoms with E-state index in [1.54, 1.807) is 4.68 Å². The van der Waals surface area contributed by atoms with Crippen molar-refractivity contribution in [1.29, 1.82) is 0 Å². The Morgan fingerprint density at radius 3 is 2.88 bits per heavy atom. The maximum absolute atomic E-state index is 12.2. The molecule has 0 unspecified atom stereocenters. The summed E-state index contributed by atoms with van der Waals surface area (Å²) in [7, 11) is 0. The zero-order valence-corrected chi connectivity index (χ0v) is 14.6. The van der Waals surface area contributed by atoms with Crippen LogP contribution in [-0.2, 0) is 4.79 Å². The molecular weight excluding hydrogens is 326 g/mol. The third kappa shape index (κ3) is 3.59. The first-order valence-electron chi connectivity index (χ1n) is 7.73. The number of nitrogens with zero attached hydrogens (tertiary/aromatic N) is 4. The molecule has 2 aromatic heterocycles. The fraction of sp³-hybridized carbons (Fsp3) is 0.375. The lowest BCUT2D eigenvalue weighted by atomic mass is 10.2. The molecule has 0 saturated carbocycles. The van der Waals surface area contributed by atoms with Crippen LogP contribution in [0.4, 0.5) is 0 Å². The number of carbonyl (C=O) groups is 1. The van der Waals surface area contributed by atoms with Crippen LogP contribution in [0.5, 0.6) is 0 Å². The number of hydrogen-bond donors (Lipinski definition) is 1. The second-order valence-electron chi connectivity index (χ2n) is 5.76. The third-order valence-electron chi connectivity index (χ3n) is 3.53. The third-order valence-corrected chi connectivity index (χ3v) is 4.47. The number of rotatable bonds is 6. The molecule has 0 aliphatic carbocycles. The first kappa shape index (κ1) is 16.5. The smallest absolute Gasteiger partial charge is 0.231 e. The van der Waals surface area contributed by atoms with E-state index in [-0.39, 0.29) is 23.7 Å². The van der Waals surface area contributed by atoms with Crippen LogP contribution in [0.15, 0.2) is 39.9 Å². The molecule has 1 N–H and O–H groups in total. The summed E-state index contributed by atoms with van der Waals surface area (Å²) in [5.74, 6) is 0.894. The molecule has 1 atom stereocenters. The topological polar surface area (TPSA) is 85.8 Å². The lowest BCUT2D eigenvalue weighted by Crippen LogP contribution is -2.28. The molecule has 3 aromatic rings. The summed E-state index contributed by atoms with van der Waals surface area (Å²) in [6.45, 7) is 5.88. The van der Waals surface area contributed by atoms with E-state index < -0.39 is 0 Å². The molecule has 8 heteroatoms. The van der Waals surface area contributed by atoms with Crippen LogP contribution in [0.1, 0.15) is 38.6 Å². The van der Waals surface area contributed by atoms with Crippen molar-refractivity contribution in [3.05, 3.63) is 36.1 Å². The summed E-state index contributed by atoms with van der Waals surface area (Å²) >= 11 is 1.32. The molecule has 0 radical (unpaired) electrons. The lowest BCUT2D eigenvalue weighted by molar-refractivity contribution is -0.119. The number of carbonyl (C=O) groups excluding carboxylic acids is 1. The Balaban J connectivity index is 1.59. The zero-order valence-electron chi connectivity index (χ0n) is 13.8. The molecule has 0 saturated heterocycles. The molecule has 3 rings (SSSR count). The second-order valence-corrected chi connectivity index (χ2v) is 6.71. The van der Waals surface area contributed by atoms with Gasteiger partial charge in [-0.1, -0.05) is 30.0 Å². The Morgan fingerprint density at radius 1 is 1.33 bits per heavy atom. The lowest BCUT2D eigenvalue weighted by Gasteiger charge is -2.11. The van der Waals surface area contributed by atoms with Crippen molar-refractivity contribution < 1.29 is 9.21 Å². The highest BCUT2D eigenvalue weighted by Crippen LogP contribution is 2.24. The van der Waals surface area contributed by atoms with Crippen molar-refractivity contribution in [2.75, 3.05) is 5.75 Å². The minimum absolute atomic E-state index is 0.0914. The van der Waals surface area contributed by atoms with Crippen LogP contribution in [0.25, 0.3) is 11.0 Å². The Morgan fingerprint density at radius 2 is 2.12 bits per heavy atom. The standard InChI is InChI=1S/C16H19N5O2S/c1-10(2)21-16(18-19-20-21)24-9-15(22)17-11(3)14-8-12-6-4-5-7-13(12)23-14/h4-8,10-11H,9H2,1-3H3,(H,17,22)/t11-/m1/s1. The van der Waals surface area contributed by atoms with Crippen molar-refractivity contribution in [3.63, 3.8) is 0 Å². The van der Waals surface area contributed by atoms with E-state index in [1.807, 2.05) is 51.1 Å². The largest absolute Gasteiger partial charge is 0.459 e. The summed E-state index contributed by atoms with van der Waals surface area (Å²) in [5.41, 5.74) is 0.819. The maximum atomic E-state index is 12.2. The molecule has 2 heterocycles. The van der Waals surface area contributed by atoms with Gasteiger partial charge in [0.15, 0.2) is 0 Å². The van der Waals surface area contributed by atoms with Gasteiger partial charge in [-0.05, 0) is 43.3 Å². The predicted octanol–water partition coefficient (Wildman–Crippen LogP) is 2.97. The Hall–Kier alpha value is -2.35. The van der Waals surface area contributed by atoms with Crippen LogP contribution in [0, 0.1) is 0 Å². The number of aromatic nitrogens is 4. The van der Waals surface area contributed by atoms with Crippen LogP contribution >= 0.6 is 11.8 Å². The molecule has 0 bridgehead atoms. The number of thioether (sulfide) groups is 1. The minimum Gasteiger partial charge on any atom is -0.459 e. The van der Waals surface area contributed by atoms with Gasteiger partial charge in [0.2, 0.25) is 11.1 Å². The average molecular weight is 345 g/mol. The fourth-order valence-corrected chi connectivity index (χ4v) is 3.12. The average Bonchev–Trinajstić information content (AvgIpc) is 3.19. The van der Waals surface area contributed by atoms with Crippen LogP contribution in [0.3, 0.4) is 0 Å². The molecule has 0 spiro atoms. The monoisotopic (exact) mass is 345 g/mol. The normalized spacial score (nSPS) is 12.7. The molecule has 1 aromatic carbocycles. The van der Waals surface area contributed by atoms with Gasteiger partial charge in [-0.25, -0.2) is 4.68 Å². The Labute approximate surface area is 143 Å². The number of furan rings is 1. The van der Waals surface area contributed by atoms with Gasteiger partial charge in [0.1, 0.15) is 11.3 Å². The molecule has 1 amide bonds. The number of benzene rings is 1. The van der Waals surface area contributed by atoms with Gasteiger partial charge in [-0.3, -0.25) is 4.79 Å². The quantitative estimate of drug-likeness (QED) is 0.691. The van der Waals surface area contributed by atoms with Crippen molar-refractivity contribution in [3.8, 4) is 0 Å². The van der Waals surface area contributed by atoms with Crippen LogP contribution < -0.4 is 5.32 Å². The summed E-state index contributed by atoms with van der Waals surface area (Å²) in [4.78, 5) is 12.2. The van der Waals surface area contributed by atoms with E-state index in [1.165, 1.54) is 11.8 Å². The van der Waals surface area contributed by atoms with Crippen LogP contribution in [-0.4, -0.2) is 31.9 Å². The highest BCUT2D eigenvalue weighted by Gasteiger charge is 2.16. The van der Waals surface area contributed by atoms with Gasteiger partial charge in [0.25, 0.3) is 0 Å². The summed E-state index contributed by atoms with van der Waals surface area (Å²) < 4.78 is 7.47. The molecular formula is C16H19N5O2S. The molecule has 7 nitrogen and oxygen atoms in total. The van der Waals surface area contributed by atoms with E-state index >= 15 is 0 Å².